The molecule has 0 bridgehead atoms. The number of alkyl carbamates (subject to hydrolysis) is 1. The van der Waals surface area contributed by atoms with E-state index < -0.39 is 255 Å². The van der Waals surface area contributed by atoms with Gasteiger partial charge in [0.15, 0.2) is 5.78 Å². The molecule has 12 unspecified atom stereocenters. The summed E-state index contributed by atoms with van der Waals surface area (Å²) in [4.78, 5) is 266. The van der Waals surface area contributed by atoms with Crippen LogP contribution in [-0.2, 0) is 96.5 Å². The number of unbranched alkanes of at least 4 members (excludes halogenated alkanes) is 1. The van der Waals surface area contributed by atoms with E-state index in [9.17, 15) is 92.7 Å². The number of amides is 13. The second-order valence-corrected chi connectivity index (χ2v) is 29.8. The molecule has 6 aromatic rings. The Balaban J connectivity index is 1.19. The van der Waals surface area contributed by atoms with Crippen molar-refractivity contribution in [3.8, 4) is 11.1 Å². The standard InChI is InChI=1S/C86H98N14O26/c1-5-6-34-58-77(116)94-61(39-71(110)111)78(117)90-46(3)75(114)93-60(38-70(108)109)76(115)88-41-68(105)92-64(43-101)81(120)98-73(45(2)35-69(106)107)83(122)96-63(36-65(102)55-32-20-21-33-57(55)87)84(123)126-47(4)74(82(121)89-42-67(104)91-58)99-80(119)62(40-72(112)113)95-79(118)59(97-85(124)125-44-56-53-30-18-16-28-51(53)52-29-17-19-31-54(52)56)37-66(103)100-86(48-22-10-7-11-23-48,49-24-12-8-13-25-49)50-26-14-9-15-27-50/h7-33,45-47,56,58-64,73-74,101H,5-6,34-44,87H2,1-4H3,(H,88,115)(H,89,121)(H,90,117)(H,91,104)(H,92,105)(H,93,114)(H,94,116)(H,95,118)(H,96,122)(H,97,124)(H,98,120)(H,99,119)(H,100,103)(H,106,107)(H,108,109)(H,110,111)(H,112,113). The highest BCUT2D eigenvalue weighted by Gasteiger charge is 2.44. The topological polar surface area (TPSA) is 626 Å². The van der Waals surface area contributed by atoms with Crippen LogP contribution in [0.2, 0.25) is 0 Å². The van der Waals surface area contributed by atoms with Gasteiger partial charge in [0.05, 0.1) is 51.8 Å². The van der Waals surface area contributed by atoms with Gasteiger partial charge in [0.25, 0.3) is 0 Å². The first-order valence-corrected chi connectivity index (χ1v) is 39.9. The molecular weight excluding hydrogens is 1650 g/mol. The molecule has 0 spiro atoms. The molecule has 40 heteroatoms. The molecule has 20 N–H and O–H groups in total. The van der Waals surface area contributed by atoms with Crippen molar-refractivity contribution in [2.24, 2.45) is 5.92 Å². The van der Waals surface area contributed by atoms with Crippen LogP contribution in [0.5, 0.6) is 0 Å². The van der Waals surface area contributed by atoms with Gasteiger partial charge in [0.2, 0.25) is 70.9 Å². The largest absolute Gasteiger partial charge is 0.481 e. The number of Topliss-reactive ketones (excluding diaryl/α,β-unsaturated/α-hetero) is 1. The molecule has 0 radical (unpaired) electrons. The van der Waals surface area contributed by atoms with Crippen molar-refractivity contribution in [3.63, 3.8) is 0 Å². The molecule has 6 aromatic carbocycles. The Bertz CT molecular complexity index is 4900. The maximum absolute atomic E-state index is 15.3. The quantitative estimate of drug-likeness (QED) is 0.0122. The minimum absolute atomic E-state index is 0.126. The number of aliphatic hydroxyl groups excluding tert-OH is 1. The molecule has 40 nitrogen and oxygen atoms in total. The van der Waals surface area contributed by atoms with E-state index in [1.165, 1.54) is 24.3 Å². The number of ether oxygens (including phenoxy) is 2. The fourth-order valence-corrected chi connectivity index (χ4v) is 14.1. The SMILES string of the molecule is CCCCC1NC(=O)CNC(=O)C(NC(=O)C(CC(=O)O)NC(=O)C(CC(=O)NC(c2ccccc2)(c2ccccc2)c2ccccc2)NC(=O)OCC2c3ccccc3-c3ccccc32)C(C)OC(=O)C(CC(=O)c2ccccc2N)NC(=O)C(C(C)CC(=O)O)NC(=O)C(CO)NC(=O)CNC(=O)C(CC(=O)O)NC(=O)C(C)NC(=O)C(CC(=O)O)NC1=O. The van der Waals surface area contributed by atoms with Gasteiger partial charge in [0, 0.05) is 23.6 Å². The van der Waals surface area contributed by atoms with Crippen molar-refractivity contribution in [1.82, 2.24) is 69.1 Å². The number of carbonyl (C=O) groups is 19. The third-order valence-corrected chi connectivity index (χ3v) is 20.5. The molecule has 8 rings (SSSR count). The molecule has 1 fully saturated rings. The summed E-state index contributed by atoms with van der Waals surface area (Å²) in [5.41, 5.74) is 8.91. The lowest BCUT2D eigenvalue weighted by Crippen LogP contribution is -2.61. The van der Waals surface area contributed by atoms with Gasteiger partial charge < -0.3 is 110 Å². The third-order valence-electron chi connectivity index (χ3n) is 20.5. The lowest BCUT2D eigenvalue weighted by molar-refractivity contribution is -0.156. The number of nitrogen functional groups attached to an aromatic ring is 1. The maximum Gasteiger partial charge on any atom is 0.407 e. The number of rotatable bonds is 29. The molecule has 668 valence electrons. The van der Waals surface area contributed by atoms with Gasteiger partial charge in [-0.1, -0.05) is 178 Å². The number of ketones is 1. The van der Waals surface area contributed by atoms with Crippen LogP contribution in [0.15, 0.2) is 164 Å². The summed E-state index contributed by atoms with van der Waals surface area (Å²) in [7, 11) is 0. The van der Waals surface area contributed by atoms with Gasteiger partial charge in [-0.25, -0.2) is 9.59 Å². The number of fused-ring (bicyclic) bond motifs is 3. The van der Waals surface area contributed by atoms with Crippen molar-refractivity contribution in [1.29, 1.82) is 0 Å². The number of hydrogen-bond acceptors (Lipinski definition) is 23. The Hall–Kier alpha value is -15.0. The number of nitrogens with one attached hydrogen (secondary N) is 13. The Morgan fingerprint density at radius 2 is 0.976 bits per heavy atom. The highest BCUT2D eigenvalue weighted by Crippen LogP contribution is 2.45. The first-order valence-electron chi connectivity index (χ1n) is 39.9. The van der Waals surface area contributed by atoms with Gasteiger partial charge in [0.1, 0.15) is 78.7 Å². The van der Waals surface area contributed by atoms with E-state index in [0.29, 0.717) is 23.1 Å². The van der Waals surface area contributed by atoms with Crippen LogP contribution >= 0.6 is 0 Å². The summed E-state index contributed by atoms with van der Waals surface area (Å²) >= 11 is 0. The Labute approximate surface area is 720 Å². The fraction of sp³-hybridized carbons (Fsp3) is 0.360. The van der Waals surface area contributed by atoms with Gasteiger partial charge in [-0.15, -0.1) is 0 Å². The highest BCUT2D eigenvalue weighted by atomic mass is 16.6. The number of anilines is 1. The number of carboxylic acids is 4. The van der Waals surface area contributed by atoms with Gasteiger partial charge in [-0.05, 0) is 77.3 Å². The van der Waals surface area contributed by atoms with Crippen LogP contribution in [0, 0.1) is 5.92 Å². The molecule has 1 aliphatic heterocycles. The average molecular weight is 1740 g/mol. The van der Waals surface area contributed by atoms with E-state index in [2.05, 4.69) is 58.5 Å². The van der Waals surface area contributed by atoms with Crippen molar-refractivity contribution in [2.75, 3.05) is 32.0 Å². The van der Waals surface area contributed by atoms with Gasteiger partial charge in [-0.3, -0.25) is 81.5 Å². The van der Waals surface area contributed by atoms with Crippen LogP contribution in [0.1, 0.15) is 130 Å². The van der Waals surface area contributed by atoms with Crippen molar-refractivity contribution >= 4 is 118 Å². The van der Waals surface area contributed by atoms with Crippen LogP contribution in [0.4, 0.5) is 10.5 Å². The fourth-order valence-electron chi connectivity index (χ4n) is 14.1. The number of esters is 1. The smallest absolute Gasteiger partial charge is 0.407 e. The number of hydrogen-bond donors (Lipinski definition) is 19. The molecule has 126 heavy (non-hydrogen) atoms. The summed E-state index contributed by atoms with van der Waals surface area (Å²) in [6.45, 7) is 0.641. The number of aliphatic hydroxyl groups is 1. The predicted molar refractivity (Wildman–Crippen MR) is 443 cm³/mol. The summed E-state index contributed by atoms with van der Waals surface area (Å²) in [6, 6.07) is 24.7. The lowest BCUT2D eigenvalue weighted by atomic mass is 9.77. The van der Waals surface area contributed by atoms with E-state index in [-0.39, 0.29) is 30.7 Å². The van der Waals surface area contributed by atoms with Gasteiger partial charge >= 0.3 is 35.9 Å². The Kier molecular flexibility index (Phi) is 35.0. The summed E-state index contributed by atoms with van der Waals surface area (Å²) in [5, 5.41) is 79.8. The van der Waals surface area contributed by atoms with Gasteiger partial charge in [-0.2, -0.15) is 0 Å². The molecule has 12 atom stereocenters. The Morgan fingerprint density at radius 1 is 0.500 bits per heavy atom. The number of cyclic esters (lactones) is 1. The first kappa shape index (κ1) is 96.5. The number of carbonyl (C=O) groups excluding carboxylic acids is 15. The highest BCUT2D eigenvalue weighted by molar-refractivity contribution is 6.05. The molecule has 1 saturated heterocycles. The Morgan fingerprint density at radius 3 is 1.51 bits per heavy atom. The number of aliphatic carboxylic acids is 4. The van der Waals surface area contributed by atoms with Crippen LogP contribution in [0.25, 0.3) is 11.1 Å². The first-order chi connectivity index (χ1) is 60.0. The predicted octanol–water partition coefficient (Wildman–Crippen LogP) is -0.475. The molecule has 0 aromatic heterocycles. The molecule has 1 heterocycles. The van der Waals surface area contributed by atoms with Crippen LogP contribution < -0.4 is 74.9 Å². The monoisotopic (exact) mass is 1740 g/mol. The third kappa shape index (κ3) is 26.8. The van der Waals surface area contributed by atoms with E-state index in [1.807, 2.05) is 47.0 Å². The van der Waals surface area contributed by atoms with Crippen LogP contribution in [-0.4, -0.2) is 231 Å². The second kappa shape index (κ2) is 45.8. The molecule has 2 aliphatic rings. The number of para-hydroxylation sites is 1. The van der Waals surface area contributed by atoms with E-state index in [1.54, 1.807) is 110 Å². The van der Waals surface area contributed by atoms with E-state index in [4.69, 9.17) is 15.2 Å². The zero-order valence-electron chi connectivity index (χ0n) is 68.7. The number of nitrogens with two attached hydrogens (primary N) is 1. The maximum atomic E-state index is 15.3. The molecule has 1 aliphatic carbocycles. The summed E-state index contributed by atoms with van der Waals surface area (Å²) in [6.07, 6.45) is -10.2. The minimum Gasteiger partial charge on any atom is -0.481 e. The summed E-state index contributed by atoms with van der Waals surface area (Å²) < 4.78 is 11.6. The molecular formula is C86H98N14O26. The number of carboxylic acid groups (broad SMARTS) is 4. The second-order valence-electron chi connectivity index (χ2n) is 29.8. The van der Waals surface area contributed by atoms with E-state index >= 15 is 24.0 Å². The molecule has 0 saturated carbocycles. The number of benzene rings is 6. The normalized spacial score (nSPS) is 20.5. The zero-order chi connectivity index (χ0) is 92.1. The van der Waals surface area contributed by atoms with Crippen molar-refractivity contribution in [2.45, 2.75) is 163 Å². The van der Waals surface area contributed by atoms with Crippen molar-refractivity contribution in [3.05, 3.63) is 197 Å². The zero-order valence-corrected chi connectivity index (χ0v) is 68.7. The lowest BCUT2D eigenvalue weighted by Gasteiger charge is -2.37. The minimum atomic E-state index is -2.45. The summed E-state index contributed by atoms with van der Waals surface area (Å²) in [5.74, 6) is -28.0. The van der Waals surface area contributed by atoms with E-state index in [0.717, 1.165) is 43.0 Å². The average Bonchev–Trinajstić information content (AvgIpc) is 0.845. The van der Waals surface area contributed by atoms with Crippen LogP contribution in [0.3, 0.4) is 0 Å². The molecule has 13 amide bonds. The van der Waals surface area contributed by atoms with Crippen molar-refractivity contribution < 1.29 is 126 Å².